The van der Waals surface area contributed by atoms with Gasteiger partial charge in [-0.15, -0.1) is 5.10 Å². The van der Waals surface area contributed by atoms with E-state index < -0.39 is 5.91 Å². The molecule has 0 radical (unpaired) electrons. The van der Waals surface area contributed by atoms with Gasteiger partial charge in [0.1, 0.15) is 11.5 Å². The van der Waals surface area contributed by atoms with Crippen molar-refractivity contribution >= 4 is 17.7 Å². The number of anilines is 2. The molecule has 0 atom stereocenters. The summed E-state index contributed by atoms with van der Waals surface area (Å²) in [4.78, 5) is 20.3. The van der Waals surface area contributed by atoms with E-state index in [0.29, 0.717) is 11.9 Å². The van der Waals surface area contributed by atoms with Gasteiger partial charge in [0.25, 0.3) is 11.9 Å². The molecule has 9 nitrogen and oxygen atoms in total. The summed E-state index contributed by atoms with van der Waals surface area (Å²) < 4.78 is 0. The molecular weight excluding hydrogens is 272 g/mol. The lowest BCUT2D eigenvalue weighted by Gasteiger charge is -2.23. The number of amides is 1. The molecule has 2 heterocycles. The minimum Gasteiger partial charge on any atom is -0.366 e. The van der Waals surface area contributed by atoms with Gasteiger partial charge in [0.05, 0.1) is 12.4 Å². The second-order valence-corrected chi connectivity index (χ2v) is 4.96. The maximum atomic E-state index is 12.0. The maximum Gasteiger partial charge on any atom is 0.278 e. The number of H-pyrrole nitrogens is 1. The summed E-state index contributed by atoms with van der Waals surface area (Å²) in [6.45, 7) is 0. The average Bonchev–Trinajstić information content (AvgIpc) is 3.01. The first-order chi connectivity index (χ1) is 10.3. The van der Waals surface area contributed by atoms with E-state index in [9.17, 15) is 4.79 Å². The van der Waals surface area contributed by atoms with Crippen LogP contribution in [-0.2, 0) is 0 Å². The molecule has 0 bridgehead atoms. The number of rotatable bonds is 4. The van der Waals surface area contributed by atoms with Crippen LogP contribution in [0.1, 0.15) is 42.6 Å². The summed E-state index contributed by atoms with van der Waals surface area (Å²) in [5.41, 5.74) is 0.209. The van der Waals surface area contributed by atoms with E-state index in [1.54, 1.807) is 6.20 Å². The lowest BCUT2D eigenvalue weighted by molar-refractivity contribution is 0.102. The molecule has 2 aromatic rings. The van der Waals surface area contributed by atoms with E-state index in [0.717, 1.165) is 12.8 Å². The Hall–Kier alpha value is -2.58. The van der Waals surface area contributed by atoms with E-state index in [1.807, 2.05) is 0 Å². The standard InChI is InChI=1S/C12H16N8O/c21-11(16-12-17-19-20-18-12)9-6-13-7-10(15-9)14-8-4-2-1-3-5-8/h6-8H,1-5H2,(H,14,15)(H2,16,17,18,19,20,21). The fourth-order valence-corrected chi connectivity index (χ4v) is 2.38. The van der Waals surface area contributed by atoms with Gasteiger partial charge in [0.2, 0.25) is 0 Å². The van der Waals surface area contributed by atoms with E-state index in [1.165, 1.54) is 25.5 Å². The highest BCUT2D eigenvalue weighted by Crippen LogP contribution is 2.20. The first-order valence-corrected chi connectivity index (χ1v) is 6.94. The smallest absolute Gasteiger partial charge is 0.278 e. The Morgan fingerprint density at radius 3 is 2.86 bits per heavy atom. The third-order valence-corrected chi connectivity index (χ3v) is 3.40. The Labute approximate surface area is 121 Å². The molecule has 110 valence electrons. The van der Waals surface area contributed by atoms with Crippen molar-refractivity contribution in [3.8, 4) is 0 Å². The van der Waals surface area contributed by atoms with Gasteiger partial charge in [-0.25, -0.2) is 4.98 Å². The summed E-state index contributed by atoms with van der Waals surface area (Å²) in [5, 5.41) is 18.7. The molecule has 0 saturated heterocycles. The molecule has 9 heteroatoms. The number of carbonyl (C=O) groups is 1. The third-order valence-electron chi connectivity index (χ3n) is 3.40. The Morgan fingerprint density at radius 2 is 2.10 bits per heavy atom. The zero-order chi connectivity index (χ0) is 14.5. The van der Waals surface area contributed by atoms with Crippen LogP contribution < -0.4 is 10.6 Å². The van der Waals surface area contributed by atoms with Crippen LogP contribution in [-0.4, -0.2) is 42.5 Å². The molecule has 0 aromatic carbocycles. The van der Waals surface area contributed by atoms with Gasteiger partial charge < -0.3 is 5.32 Å². The van der Waals surface area contributed by atoms with Crippen molar-refractivity contribution in [3.63, 3.8) is 0 Å². The summed E-state index contributed by atoms with van der Waals surface area (Å²) in [6, 6.07) is 0.406. The molecule has 1 fully saturated rings. The molecule has 21 heavy (non-hydrogen) atoms. The fraction of sp³-hybridized carbons (Fsp3) is 0.500. The molecule has 1 aliphatic carbocycles. The molecule has 1 amide bonds. The average molecular weight is 288 g/mol. The fourth-order valence-electron chi connectivity index (χ4n) is 2.38. The molecular formula is C12H16N8O. The highest BCUT2D eigenvalue weighted by molar-refractivity contribution is 6.01. The zero-order valence-electron chi connectivity index (χ0n) is 11.4. The van der Waals surface area contributed by atoms with Gasteiger partial charge in [-0.3, -0.25) is 15.1 Å². The molecule has 2 aromatic heterocycles. The van der Waals surface area contributed by atoms with Gasteiger partial charge in [0, 0.05) is 6.04 Å². The van der Waals surface area contributed by atoms with Crippen LogP contribution in [0, 0.1) is 0 Å². The van der Waals surface area contributed by atoms with E-state index in [2.05, 4.69) is 41.2 Å². The van der Waals surface area contributed by atoms with Gasteiger partial charge in [-0.2, -0.15) is 5.21 Å². The number of nitrogens with zero attached hydrogens (tertiary/aromatic N) is 5. The summed E-state index contributed by atoms with van der Waals surface area (Å²) in [5.74, 6) is 0.297. The van der Waals surface area contributed by atoms with Gasteiger partial charge in [-0.1, -0.05) is 24.4 Å². The highest BCUT2D eigenvalue weighted by atomic mass is 16.2. The van der Waals surface area contributed by atoms with E-state index in [-0.39, 0.29) is 11.6 Å². The molecule has 1 saturated carbocycles. The van der Waals surface area contributed by atoms with E-state index in [4.69, 9.17) is 0 Å². The first kappa shape index (κ1) is 13.4. The van der Waals surface area contributed by atoms with Crippen LogP contribution in [0.4, 0.5) is 11.8 Å². The van der Waals surface area contributed by atoms with Gasteiger partial charge in [-0.05, 0) is 18.1 Å². The predicted octanol–water partition coefficient (Wildman–Crippen LogP) is 0.987. The number of aromatic nitrogens is 6. The van der Waals surface area contributed by atoms with Crippen LogP contribution in [0.25, 0.3) is 0 Å². The number of aromatic amines is 1. The van der Waals surface area contributed by atoms with Crippen LogP contribution in [0.5, 0.6) is 0 Å². The molecule has 1 aliphatic rings. The summed E-state index contributed by atoms with van der Waals surface area (Å²) in [7, 11) is 0. The number of tetrazole rings is 1. The normalized spacial score (nSPS) is 15.6. The molecule has 0 spiro atoms. The molecule has 3 N–H and O–H groups in total. The van der Waals surface area contributed by atoms with Crippen molar-refractivity contribution in [1.82, 2.24) is 30.6 Å². The minimum absolute atomic E-state index is 0.104. The van der Waals surface area contributed by atoms with Crippen molar-refractivity contribution in [1.29, 1.82) is 0 Å². The third kappa shape index (κ3) is 3.50. The van der Waals surface area contributed by atoms with Crippen LogP contribution in [0.2, 0.25) is 0 Å². The second-order valence-electron chi connectivity index (χ2n) is 4.96. The number of hydrogen-bond acceptors (Lipinski definition) is 7. The zero-order valence-corrected chi connectivity index (χ0v) is 11.4. The Bertz CT molecular complexity index is 593. The lowest BCUT2D eigenvalue weighted by atomic mass is 9.96. The van der Waals surface area contributed by atoms with E-state index >= 15 is 0 Å². The Morgan fingerprint density at radius 1 is 1.24 bits per heavy atom. The molecule has 0 unspecified atom stereocenters. The summed E-state index contributed by atoms with van der Waals surface area (Å²) in [6.07, 6.45) is 9.02. The molecule has 3 rings (SSSR count). The van der Waals surface area contributed by atoms with Crippen molar-refractivity contribution in [2.24, 2.45) is 0 Å². The van der Waals surface area contributed by atoms with Crippen molar-refractivity contribution in [2.75, 3.05) is 10.6 Å². The highest BCUT2D eigenvalue weighted by Gasteiger charge is 2.15. The monoisotopic (exact) mass is 288 g/mol. The first-order valence-electron chi connectivity index (χ1n) is 6.94. The number of nitrogens with one attached hydrogen (secondary N) is 3. The van der Waals surface area contributed by atoms with Crippen LogP contribution in [0.3, 0.4) is 0 Å². The topological polar surface area (TPSA) is 121 Å². The Balaban J connectivity index is 1.66. The SMILES string of the molecule is O=C(Nc1nn[nH]n1)c1cncc(NC2CCCCC2)n1. The van der Waals surface area contributed by atoms with Gasteiger partial charge >= 0.3 is 0 Å². The Kier molecular flexibility index (Phi) is 3.99. The second kappa shape index (κ2) is 6.25. The predicted molar refractivity (Wildman–Crippen MR) is 74.7 cm³/mol. The van der Waals surface area contributed by atoms with Crippen LogP contribution >= 0.6 is 0 Å². The lowest BCUT2D eigenvalue weighted by Crippen LogP contribution is -2.24. The van der Waals surface area contributed by atoms with Crippen molar-refractivity contribution < 1.29 is 4.79 Å². The largest absolute Gasteiger partial charge is 0.366 e. The maximum absolute atomic E-state index is 12.0. The quantitative estimate of drug-likeness (QED) is 0.766. The van der Waals surface area contributed by atoms with Gasteiger partial charge in [0.15, 0.2) is 0 Å². The van der Waals surface area contributed by atoms with Crippen molar-refractivity contribution in [3.05, 3.63) is 18.1 Å². The molecule has 0 aliphatic heterocycles. The number of carbonyl (C=O) groups excluding carboxylic acids is 1. The summed E-state index contributed by atoms with van der Waals surface area (Å²) >= 11 is 0. The number of hydrogen-bond donors (Lipinski definition) is 3. The minimum atomic E-state index is -0.420. The van der Waals surface area contributed by atoms with Crippen molar-refractivity contribution in [2.45, 2.75) is 38.1 Å². The van der Waals surface area contributed by atoms with Crippen LogP contribution in [0.15, 0.2) is 12.4 Å².